The molecule has 0 spiro atoms. The van der Waals surface area contributed by atoms with Crippen LogP contribution >= 0.6 is 11.3 Å². The van der Waals surface area contributed by atoms with Gasteiger partial charge in [0.15, 0.2) is 17.4 Å². The number of H-pyrrole nitrogens is 1. The van der Waals surface area contributed by atoms with Crippen molar-refractivity contribution in [2.24, 2.45) is 5.73 Å². The number of ether oxygens (including phenoxy) is 3. The van der Waals surface area contributed by atoms with E-state index < -0.39 is 35.7 Å². The highest BCUT2D eigenvalue weighted by Crippen LogP contribution is 2.45. The van der Waals surface area contributed by atoms with Crippen LogP contribution in [0, 0.1) is 11.2 Å². The normalized spacial score (nSPS) is 12.8. The summed E-state index contributed by atoms with van der Waals surface area (Å²) in [6, 6.07) is 8.25. The van der Waals surface area contributed by atoms with E-state index in [0.29, 0.717) is 11.3 Å². The first-order valence-electron chi connectivity index (χ1n) is 12.4. The Morgan fingerprint density at radius 3 is 2.36 bits per heavy atom. The molecule has 238 valence electrons. The lowest BCUT2D eigenvalue weighted by molar-refractivity contribution is -0.192. The summed E-state index contributed by atoms with van der Waals surface area (Å²) in [5.74, 6) is -4.67. The zero-order chi connectivity index (χ0) is 33.1. The lowest BCUT2D eigenvalue weighted by Crippen LogP contribution is -2.21. The smallest absolute Gasteiger partial charge is 0.490 e. The van der Waals surface area contributed by atoms with E-state index in [1.807, 2.05) is 0 Å². The number of rotatable bonds is 8. The van der Waals surface area contributed by atoms with Crippen molar-refractivity contribution in [2.45, 2.75) is 12.2 Å². The molecule has 19 heteroatoms. The Hall–Kier alpha value is -5.59. The number of halogens is 4. The van der Waals surface area contributed by atoms with Crippen molar-refractivity contribution in [1.29, 1.82) is 5.41 Å². The van der Waals surface area contributed by atoms with E-state index in [1.165, 1.54) is 24.6 Å². The molecule has 7 N–H and O–H groups in total. The van der Waals surface area contributed by atoms with Crippen LogP contribution in [0.15, 0.2) is 46.6 Å². The number of nitrogen functional groups attached to an aromatic ring is 1. The molecular weight excluding hydrogens is 632 g/mol. The molecule has 1 atom stereocenters. The van der Waals surface area contributed by atoms with E-state index in [1.54, 1.807) is 24.3 Å². The van der Waals surface area contributed by atoms with Crippen LogP contribution in [0.3, 0.4) is 0 Å². The first-order chi connectivity index (χ1) is 21.2. The number of benzene rings is 2. The van der Waals surface area contributed by atoms with Crippen LogP contribution < -0.4 is 31.0 Å². The number of carboxylic acids is 2. The van der Waals surface area contributed by atoms with E-state index in [4.69, 9.17) is 35.3 Å². The molecule has 4 aromatic rings. The van der Waals surface area contributed by atoms with Crippen molar-refractivity contribution in [3.63, 3.8) is 0 Å². The Labute approximate surface area is 253 Å². The van der Waals surface area contributed by atoms with Gasteiger partial charge < -0.3 is 35.5 Å². The average molecular weight is 655 g/mol. The molecule has 0 saturated heterocycles. The summed E-state index contributed by atoms with van der Waals surface area (Å²) in [5, 5.41) is 33.2. The molecule has 0 saturated carbocycles. The molecule has 0 fully saturated rings. The molecular formula is C26H22F4N6O8S. The summed E-state index contributed by atoms with van der Waals surface area (Å²) < 4.78 is 65.0. The molecule has 2 aromatic heterocycles. The summed E-state index contributed by atoms with van der Waals surface area (Å²) in [5.41, 5.74) is 5.89. The predicted molar refractivity (Wildman–Crippen MR) is 150 cm³/mol. The van der Waals surface area contributed by atoms with Gasteiger partial charge in [-0.05, 0) is 41.8 Å². The molecule has 14 nitrogen and oxygen atoms in total. The van der Waals surface area contributed by atoms with Gasteiger partial charge in [-0.25, -0.2) is 18.8 Å². The van der Waals surface area contributed by atoms with E-state index in [2.05, 4.69) is 15.4 Å². The van der Waals surface area contributed by atoms with Crippen LogP contribution in [0.25, 0.3) is 5.69 Å². The number of carboxylic acid groups (broad SMARTS) is 2. The van der Waals surface area contributed by atoms with Gasteiger partial charge in [-0.15, -0.1) is 16.4 Å². The van der Waals surface area contributed by atoms with Crippen LogP contribution in [0.4, 0.5) is 23.2 Å². The second kappa shape index (κ2) is 13.0. The Morgan fingerprint density at radius 2 is 1.80 bits per heavy atom. The van der Waals surface area contributed by atoms with Gasteiger partial charge in [-0.1, -0.05) is 0 Å². The van der Waals surface area contributed by atoms with Crippen LogP contribution in [-0.4, -0.2) is 69.3 Å². The lowest BCUT2D eigenvalue weighted by Gasteiger charge is -2.25. The van der Waals surface area contributed by atoms with Gasteiger partial charge in [0.1, 0.15) is 30.0 Å². The van der Waals surface area contributed by atoms with Gasteiger partial charge >= 0.3 is 23.8 Å². The van der Waals surface area contributed by atoms with Crippen molar-refractivity contribution in [2.75, 3.05) is 25.6 Å². The number of anilines is 1. The second-order valence-electron chi connectivity index (χ2n) is 8.88. The Kier molecular flexibility index (Phi) is 9.31. The van der Waals surface area contributed by atoms with Gasteiger partial charge in [0.25, 0.3) is 0 Å². The quantitative estimate of drug-likeness (QED) is 0.0920. The number of thiophene rings is 1. The van der Waals surface area contributed by atoms with Gasteiger partial charge in [0, 0.05) is 16.8 Å². The fourth-order valence-corrected chi connectivity index (χ4v) is 4.71. The molecule has 2 aromatic carbocycles. The molecule has 0 bridgehead atoms. The van der Waals surface area contributed by atoms with Crippen molar-refractivity contribution in [3.05, 3.63) is 79.9 Å². The van der Waals surface area contributed by atoms with E-state index in [0.717, 1.165) is 16.0 Å². The van der Waals surface area contributed by atoms with Crippen molar-refractivity contribution in [3.8, 4) is 22.9 Å². The number of methoxy groups -OCH3 is 1. The molecule has 45 heavy (non-hydrogen) atoms. The molecule has 0 amide bonds. The van der Waals surface area contributed by atoms with Crippen LogP contribution in [0.5, 0.6) is 17.2 Å². The number of nitrogens with one attached hydrogen (secondary N) is 3. The molecule has 1 unspecified atom stereocenters. The summed E-state index contributed by atoms with van der Waals surface area (Å²) in [7, 11) is 1.40. The topological polar surface area (TPSA) is 215 Å². The maximum Gasteiger partial charge on any atom is 0.490 e. The van der Waals surface area contributed by atoms with Crippen molar-refractivity contribution >= 4 is 34.8 Å². The zero-order valence-corrected chi connectivity index (χ0v) is 23.6. The second-order valence-corrected chi connectivity index (χ2v) is 9.79. The number of aromatic nitrogens is 3. The Bertz CT molecular complexity index is 1800. The third-order valence-corrected chi connectivity index (χ3v) is 6.89. The third kappa shape index (κ3) is 6.98. The Morgan fingerprint density at radius 1 is 1.18 bits per heavy atom. The number of amidine groups is 1. The van der Waals surface area contributed by atoms with Gasteiger partial charge in [0.05, 0.1) is 12.8 Å². The molecule has 0 aliphatic carbocycles. The number of fused-ring (bicyclic) bond motifs is 1. The maximum absolute atomic E-state index is 15.9. The fourth-order valence-electron chi connectivity index (χ4n) is 4.00. The average Bonchev–Trinajstić information content (AvgIpc) is 3.63. The summed E-state index contributed by atoms with van der Waals surface area (Å²) in [6.07, 6.45) is -5.08. The number of aromatic carboxylic acids is 1. The highest BCUT2D eigenvalue weighted by Gasteiger charge is 2.38. The fraction of sp³-hybridized carbons (Fsp3) is 0.192. The van der Waals surface area contributed by atoms with Crippen LogP contribution in [0.2, 0.25) is 0 Å². The number of hydrogen-bond donors (Lipinski definition) is 6. The molecule has 0 radical (unpaired) electrons. The molecule has 5 rings (SSSR count). The van der Waals surface area contributed by atoms with Crippen LogP contribution in [-0.2, 0) is 4.79 Å². The summed E-state index contributed by atoms with van der Waals surface area (Å²) >= 11 is 0.941. The predicted octanol–water partition coefficient (Wildman–Crippen LogP) is 3.36. The molecule has 1 aliphatic rings. The van der Waals surface area contributed by atoms with Crippen LogP contribution in [0.1, 0.15) is 32.7 Å². The lowest BCUT2D eigenvalue weighted by atomic mass is 10.0. The van der Waals surface area contributed by atoms with Crippen molar-refractivity contribution in [1.82, 2.24) is 14.8 Å². The number of alkyl halides is 3. The third-order valence-electron chi connectivity index (χ3n) is 6.00. The van der Waals surface area contributed by atoms with Gasteiger partial charge in [0.2, 0.25) is 11.5 Å². The molecule has 3 heterocycles. The minimum atomic E-state index is -5.08. The van der Waals surface area contributed by atoms with Gasteiger partial charge in [-0.3, -0.25) is 10.4 Å². The largest absolute Gasteiger partial charge is 0.493 e. The maximum atomic E-state index is 15.9. The van der Waals surface area contributed by atoms with Crippen molar-refractivity contribution < 1.29 is 51.6 Å². The van der Waals surface area contributed by atoms with E-state index in [-0.39, 0.29) is 58.3 Å². The van der Waals surface area contributed by atoms with E-state index >= 15 is 4.39 Å². The monoisotopic (exact) mass is 654 g/mol. The number of aromatic amines is 1. The zero-order valence-electron chi connectivity index (χ0n) is 22.8. The first kappa shape index (κ1) is 32.3. The molecule has 1 aliphatic heterocycles. The van der Waals surface area contributed by atoms with E-state index in [9.17, 15) is 27.9 Å². The van der Waals surface area contributed by atoms with Gasteiger partial charge in [-0.2, -0.15) is 17.9 Å². The number of carbonyl (C=O) groups is 2. The standard InChI is InChI=1S/C24H21FN6O6S.C2HF3O2/c1-35-15-10-13(16(25)19-18(15)36-7-8-37-19)17(28-12-4-2-11(3-5-12)21(26)27)22-29-24(34)31(30-22)14-6-9-38-20(14)23(32)33;3-2(4,5)1(6)7/h2-6,9-10,17,28H,7-8H2,1H3,(H3,26,27)(H,32,33)(H,29,30,34);(H,6,7). The first-order valence-corrected chi connectivity index (χ1v) is 13.3. The highest BCUT2D eigenvalue weighted by molar-refractivity contribution is 7.12. The number of aliphatic carboxylic acids is 1. The summed E-state index contributed by atoms with van der Waals surface area (Å²) in [6.45, 7) is 0.347. The summed E-state index contributed by atoms with van der Waals surface area (Å²) in [4.78, 5) is 35.9. The SMILES string of the molecule is COc1cc(C(Nc2ccc(C(=N)N)cc2)c2nn(-c3ccsc3C(=O)O)c(=O)[nH]2)c(F)c2c1OCCO2.O=C(O)C(F)(F)F. The number of hydrogen-bond acceptors (Lipinski definition) is 10. The minimum absolute atomic E-state index is 0.00851. The minimum Gasteiger partial charge on any atom is -0.493 e. The number of nitrogens with two attached hydrogens (primary N) is 1. The number of nitrogens with zero attached hydrogens (tertiary/aromatic N) is 2. The Balaban J connectivity index is 0.000000591. The highest BCUT2D eigenvalue weighted by atomic mass is 32.1.